The monoisotopic (exact) mass is 329 g/mol. The third-order valence-electron chi connectivity index (χ3n) is 1.76. The minimum atomic E-state index is -0.833. The number of fused-ring (bicyclic) bond motifs is 1. The Hall–Kier alpha value is -1.01. The van der Waals surface area contributed by atoms with Gasteiger partial charge in [0.1, 0.15) is 0 Å². The Morgan fingerprint density at radius 3 is 2.65 bits per heavy atom. The molecule has 0 aliphatic carbocycles. The summed E-state index contributed by atoms with van der Waals surface area (Å²) in [5, 5.41) is 16.1. The molecule has 2 N–H and O–H groups in total. The summed E-state index contributed by atoms with van der Waals surface area (Å²) in [5.74, 6) is -0.833. The van der Waals surface area contributed by atoms with Gasteiger partial charge in [0.05, 0.1) is 12.3 Å². The van der Waals surface area contributed by atoms with E-state index < -0.39 is 5.97 Å². The number of aliphatic hydroxyl groups is 1. The smallest absolute Gasteiger partial charge is 0.300 e. The molecule has 2 rings (SSSR count). The van der Waals surface area contributed by atoms with E-state index in [-0.39, 0.29) is 29.0 Å². The van der Waals surface area contributed by atoms with Gasteiger partial charge in [0.25, 0.3) is 5.97 Å². The molecule has 0 amide bonds. The van der Waals surface area contributed by atoms with Crippen LogP contribution in [0.4, 0.5) is 0 Å². The molecule has 2 aliphatic heterocycles. The van der Waals surface area contributed by atoms with E-state index >= 15 is 0 Å². The van der Waals surface area contributed by atoms with Crippen LogP contribution in [0.3, 0.4) is 0 Å². The Kier molecular flexibility index (Phi) is 7.65. The average molecular weight is 330 g/mol. The number of β-amino-alcohol motifs (C(OH)–C–C–N with tert-alkyl or cyclic N) is 1. The third-order valence-corrected chi connectivity index (χ3v) is 1.76. The standard InChI is InChI=1S/C9H10N2O.C2H4O2.Ag/c12-6-5-10-7-9-3-1-2-4-11(9)8-10;1-2(3)4;/h1-4,7,12H,5-6H2;1H3,(H,3,4);. The largest absolute Gasteiger partial charge is 0.481 e. The first kappa shape index (κ1) is 16.0. The van der Waals surface area contributed by atoms with Gasteiger partial charge >= 0.3 is 0 Å². The van der Waals surface area contributed by atoms with Crippen molar-refractivity contribution in [2.24, 2.45) is 0 Å². The van der Waals surface area contributed by atoms with Crippen molar-refractivity contribution in [3.63, 3.8) is 0 Å². The fourth-order valence-electron chi connectivity index (χ4n) is 1.20. The van der Waals surface area contributed by atoms with Crippen LogP contribution in [0.15, 0.2) is 36.3 Å². The quantitative estimate of drug-likeness (QED) is 0.727. The van der Waals surface area contributed by atoms with Gasteiger partial charge in [0.2, 0.25) is 6.67 Å². The molecule has 0 saturated heterocycles. The molecule has 0 spiro atoms. The van der Waals surface area contributed by atoms with Crippen LogP contribution in [-0.4, -0.2) is 39.1 Å². The predicted molar refractivity (Wildman–Crippen MR) is 58.5 cm³/mol. The molecule has 3 radical (unpaired) electrons. The van der Waals surface area contributed by atoms with E-state index in [2.05, 4.69) is 6.67 Å². The molecule has 2 heterocycles. The molecular formula is C11H14AgN2O3. The summed E-state index contributed by atoms with van der Waals surface area (Å²) in [6, 6.07) is 0. The Morgan fingerprint density at radius 2 is 2.12 bits per heavy atom. The predicted octanol–water partition coefficient (Wildman–Crippen LogP) is 0.606. The van der Waals surface area contributed by atoms with Crippen molar-refractivity contribution >= 4 is 5.97 Å². The summed E-state index contributed by atoms with van der Waals surface area (Å²) < 4.78 is 0. The van der Waals surface area contributed by atoms with Crippen molar-refractivity contribution in [2.75, 3.05) is 13.2 Å². The molecule has 0 aromatic rings. The van der Waals surface area contributed by atoms with Crippen molar-refractivity contribution in [3.05, 3.63) is 43.0 Å². The fraction of sp³-hybridized carbons (Fsp3) is 0.273. The third kappa shape index (κ3) is 5.74. The molecule has 6 heteroatoms. The Morgan fingerprint density at radius 1 is 1.47 bits per heavy atom. The number of carbonyl (C=O) groups is 1. The van der Waals surface area contributed by atoms with Crippen molar-refractivity contribution in [1.82, 2.24) is 9.80 Å². The van der Waals surface area contributed by atoms with Crippen LogP contribution < -0.4 is 0 Å². The second-order valence-corrected chi connectivity index (χ2v) is 3.16. The maximum atomic E-state index is 9.00. The summed E-state index contributed by atoms with van der Waals surface area (Å²) >= 11 is 0. The van der Waals surface area contributed by atoms with Crippen molar-refractivity contribution in [2.45, 2.75) is 6.92 Å². The summed E-state index contributed by atoms with van der Waals surface area (Å²) in [4.78, 5) is 12.7. The first-order valence-corrected chi connectivity index (χ1v) is 4.82. The fourth-order valence-corrected chi connectivity index (χ4v) is 1.20. The number of aliphatic hydroxyl groups excluding tert-OH is 1. The van der Waals surface area contributed by atoms with E-state index in [0.29, 0.717) is 6.54 Å². The summed E-state index contributed by atoms with van der Waals surface area (Å²) in [6.45, 7) is 4.90. The number of hydrogen-bond donors (Lipinski definition) is 2. The van der Waals surface area contributed by atoms with Crippen LogP contribution in [-0.2, 0) is 27.2 Å². The minimum absolute atomic E-state index is 0. The first-order valence-electron chi connectivity index (χ1n) is 4.82. The van der Waals surface area contributed by atoms with Gasteiger partial charge in [0.15, 0.2) is 0 Å². The number of hydrogen-bond acceptors (Lipinski definition) is 4. The van der Waals surface area contributed by atoms with E-state index in [1.54, 1.807) is 0 Å². The van der Waals surface area contributed by atoms with Crippen LogP contribution >= 0.6 is 0 Å². The Bertz CT molecular complexity index is 336. The molecule has 0 atom stereocenters. The van der Waals surface area contributed by atoms with E-state index in [4.69, 9.17) is 15.0 Å². The molecule has 0 bridgehead atoms. The average Bonchev–Trinajstić information content (AvgIpc) is 2.59. The maximum absolute atomic E-state index is 9.00. The van der Waals surface area contributed by atoms with E-state index in [0.717, 1.165) is 12.6 Å². The molecule has 0 saturated carbocycles. The number of carboxylic acid groups (broad SMARTS) is 1. The topological polar surface area (TPSA) is 64.0 Å². The van der Waals surface area contributed by atoms with Crippen LogP contribution in [0.25, 0.3) is 0 Å². The summed E-state index contributed by atoms with van der Waals surface area (Å²) in [5.41, 5.74) is 1.09. The summed E-state index contributed by atoms with van der Waals surface area (Å²) in [6.07, 6.45) is 9.82. The van der Waals surface area contributed by atoms with Gasteiger partial charge in [-0.1, -0.05) is 6.08 Å². The van der Waals surface area contributed by atoms with Crippen LogP contribution in [0, 0.1) is 6.67 Å². The van der Waals surface area contributed by atoms with Gasteiger partial charge in [-0.2, -0.15) is 0 Å². The van der Waals surface area contributed by atoms with Gasteiger partial charge in [0, 0.05) is 48.2 Å². The molecule has 0 aromatic heterocycles. The zero-order valence-corrected chi connectivity index (χ0v) is 10.8. The number of allylic oxidation sites excluding steroid dienone is 3. The molecule has 5 nitrogen and oxygen atoms in total. The molecule has 0 unspecified atom stereocenters. The van der Waals surface area contributed by atoms with Crippen molar-refractivity contribution in [1.29, 1.82) is 0 Å². The normalized spacial score (nSPS) is 15.5. The Labute approximate surface area is 116 Å². The van der Waals surface area contributed by atoms with Gasteiger partial charge < -0.3 is 20.0 Å². The number of rotatable bonds is 2. The zero-order valence-electron chi connectivity index (χ0n) is 9.30. The molecule has 0 aromatic carbocycles. The molecule has 97 valence electrons. The maximum Gasteiger partial charge on any atom is 0.300 e. The Balaban J connectivity index is 0.000000453. The minimum Gasteiger partial charge on any atom is -0.481 e. The number of nitrogens with zero attached hydrogens (tertiary/aromatic N) is 2. The number of aliphatic carboxylic acids is 1. The molecule has 2 aliphatic rings. The summed E-state index contributed by atoms with van der Waals surface area (Å²) in [7, 11) is 0. The van der Waals surface area contributed by atoms with Gasteiger partial charge in [-0.3, -0.25) is 4.79 Å². The van der Waals surface area contributed by atoms with E-state index in [1.165, 1.54) is 0 Å². The van der Waals surface area contributed by atoms with Crippen molar-refractivity contribution < 1.29 is 37.4 Å². The second kappa shape index (κ2) is 8.14. The first-order chi connectivity index (χ1) is 7.63. The van der Waals surface area contributed by atoms with Gasteiger partial charge in [-0.15, -0.1) is 0 Å². The van der Waals surface area contributed by atoms with Gasteiger partial charge in [-0.05, 0) is 12.2 Å². The van der Waals surface area contributed by atoms with Crippen molar-refractivity contribution in [3.8, 4) is 0 Å². The van der Waals surface area contributed by atoms with Crippen LogP contribution in [0.2, 0.25) is 0 Å². The van der Waals surface area contributed by atoms with E-state index in [1.807, 2.05) is 40.4 Å². The number of carboxylic acids is 1. The molecule has 17 heavy (non-hydrogen) atoms. The van der Waals surface area contributed by atoms with Crippen LogP contribution in [0.5, 0.6) is 0 Å². The van der Waals surface area contributed by atoms with E-state index in [9.17, 15) is 0 Å². The SMILES string of the molecule is CC(=O)O.OCCN1[C]N2C=CC=CC2=C1.[Ag]. The molecular weight excluding hydrogens is 316 g/mol. The second-order valence-electron chi connectivity index (χ2n) is 3.16. The molecule has 0 fully saturated rings. The zero-order chi connectivity index (χ0) is 12.0. The van der Waals surface area contributed by atoms with Crippen LogP contribution in [0.1, 0.15) is 6.92 Å². The van der Waals surface area contributed by atoms with Gasteiger partial charge in [-0.25, -0.2) is 0 Å².